The van der Waals surface area contributed by atoms with Crippen LogP contribution in [0, 0.1) is 0 Å². The SMILES string of the molecule is O=C(O)c1ccc2c(COc3cccc(O)c3)csc2c1. The topological polar surface area (TPSA) is 66.8 Å². The standard InChI is InChI=1S/C16H12O4S/c17-12-2-1-3-13(7-12)20-8-11-9-21-15-6-10(16(18)19)4-5-14(11)15/h1-7,9,17H,8H2,(H,18,19). The zero-order valence-corrected chi connectivity index (χ0v) is 11.8. The van der Waals surface area contributed by atoms with E-state index in [1.54, 1.807) is 42.5 Å². The minimum Gasteiger partial charge on any atom is -0.508 e. The van der Waals surface area contributed by atoms with Crippen molar-refractivity contribution in [2.45, 2.75) is 6.61 Å². The van der Waals surface area contributed by atoms with E-state index in [0.29, 0.717) is 12.4 Å². The van der Waals surface area contributed by atoms with Crippen molar-refractivity contribution in [2.24, 2.45) is 0 Å². The third-order valence-electron chi connectivity index (χ3n) is 3.11. The van der Waals surface area contributed by atoms with E-state index in [4.69, 9.17) is 9.84 Å². The summed E-state index contributed by atoms with van der Waals surface area (Å²) in [5.74, 6) is -0.173. The van der Waals surface area contributed by atoms with Crippen molar-refractivity contribution in [3.05, 3.63) is 59.0 Å². The molecule has 1 heterocycles. The van der Waals surface area contributed by atoms with Crippen LogP contribution in [-0.2, 0) is 6.61 Å². The number of hydrogen-bond donors (Lipinski definition) is 2. The first kappa shape index (κ1) is 13.5. The molecule has 21 heavy (non-hydrogen) atoms. The summed E-state index contributed by atoms with van der Waals surface area (Å²) in [4.78, 5) is 11.0. The molecule has 0 saturated carbocycles. The molecule has 2 N–H and O–H groups in total. The molecule has 0 saturated heterocycles. The summed E-state index contributed by atoms with van der Waals surface area (Å²) in [7, 11) is 0. The molecular weight excluding hydrogens is 288 g/mol. The normalized spacial score (nSPS) is 10.7. The first-order valence-corrected chi connectivity index (χ1v) is 7.17. The van der Waals surface area contributed by atoms with Crippen LogP contribution in [0.4, 0.5) is 0 Å². The summed E-state index contributed by atoms with van der Waals surface area (Å²) < 4.78 is 6.57. The molecule has 3 aromatic rings. The summed E-state index contributed by atoms with van der Waals surface area (Å²) in [6, 6.07) is 11.7. The number of carboxylic acids is 1. The number of phenolic OH excluding ortho intramolecular Hbond substituents is 1. The van der Waals surface area contributed by atoms with Gasteiger partial charge in [-0.3, -0.25) is 0 Å². The van der Waals surface area contributed by atoms with Gasteiger partial charge in [0.05, 0.1) is 5.56 Å². The van der Waals surface area contributed by atoms with E-state index < -0.39 is 5.97 Å². The van der Waals surface area contributed by atoms with Gasteiger partial charge in [-0.15, -0.1) is 11.3 Å². The van der Waals surface area contributed by atoms with Crippen LogP contribution in [0.15, 0.2) is 47.8 Å². The average Bonchev–Trinajstić information content (AvgIpc) is 2.87. The quantitative estimate of drug-likeness (QED) is 0.767. The Morgan fingerprint density at radius 3 is 2.81 bits per heavy atom. The van der Waals surface area contributed by atoms with Crippen LogP contribution in [0.1, 0.15) is 15.9 Å². The Morgan fingerprint density at radius 2 is 2.05 bits per heavy atom. The maximum absolute atomic E-state index is 11.0. The van der Waals surface area contributed by atoms with E-state index in [9.17, 15) is 9.90 Å². The molecule has 0 unspecified atom stereocenters. The number of fused-ring (bicyclic) bond motifs is 1. The molecule has 5 heteroatoms. The van der Waals surface area contributed by atoms with Gasteiger partial charge in [0.1, 0.15) is 18.1 Å². The lowest BCUT2D eigenvalue weighted by molar-refractivity contribution is 0.0697. The lowest BCUT2D eigenvalue weighted by Gasteiger charge is -2.06. The Bertz CT molecular complexity index is 807. The molecule has 0 aliphatic rings. The van der Waals surface area contributed by atoms with E-state index >= 15 is 0 Å². The molecule has 4 nitrogen and oxygen atoms in total. The van der Waals surface area contributed by atoms with Crippen LogP contribution in [0.25, 0.3) is 10.1 Å². The number of phenols is 1. The molecule has 0 spiro atoms. The fourth-order valence-corrected chi connectivity index (χ4v) is 3.05. The number of hydrogen-bond acceptors (Lipinski definition) is 4. The van der Waals surface area contributed by atoms with Crippen molar-refractivity contribution in [3.63, 3.8) is 0 Å². The van der Waals surface area contributed by atoms with Crippen LogP contribution in [0.2, 0.25) is 0 Å². The highest BCUT2D eigenvalue weighted by Gasteiger charge is 2.09. The van der Waals surface area contributed by atoms with Crippen LogP contribution in [-0.4, -0.2) is 16.2 Å². The monoisotopic (exact) mass is 300 g/mol. The molecule has 0 amide bonds. The number of thiophene rings is 1. The summed E-state index contributed by atoms with van der Waals surface area (Å²) in [5.41, 5.74) is 1.28. The number of aromatic hydroxyl groups is 1. The van der Waals surface area contributed by atoms with Crippen LogP contribution in [0.5, 0.6) is 11.5 Å². The molecule has 0 bridgehead atoms. The maximum Gasteiger partial charge on any atom is 0.335 e. The first-order valence-electron chi connectivity index (χ1n) is 6.29. The van der Waals surface area contributed by atoms with E-state index in [-0.39, 0.29) is 11.3 Å². The Kier molecular flexibility index (Phi) is 3.50. The molecule has 1 aromatic heterocycles. The Morgan fingerprint density at radius 1 is 1.19 bits per heavy atom. The van der Waals surface area contributed by atoms with Crippen molar-refractivity contribution >= 4 is 27.4 Å². The number of carboxylic acid groups (broad SMARTS) is 1. The summed E-state index contributed by atoms with van der Waals surface area (Å²) in [6.45, 7) is 0.371. The molecule has 0 aliphatic heterocycles. The number of aromatic carboxylic acids is 1. The van der Waals surface area contributed by atoms with Crippen LogP contribution in [0.3, 0.4) is 0 Å². The Hall–Kier alpha value is -2.53. The Labute approximate surface area is 124 Å². The number of benzene rings is 2. The van der Waals surface area contributed by atoms with Crippen molar-refractivity contribution < 1.29 is 19.7 Å². The average molecular weight is 300 g/mol. The fraction of sp³-hybridized carbons (Fsp3) is 0.0625. The van der Waals surface area contributed by atoms with Gasteiger partial charge < -0.3 is 14.9 Å². The van der Waals surface area contributed by atoms with Gasteiger partial charge in [0.15, 0.2) is 0 Å². The van der Waals surface area contributed by atoms with Crippen molar-refractivity contribution in [1.82, 2.24) is 0 Å². The summed E-state index contributed by atoms with van der Waals surface area (Å²) in [5, 5.41) is 21.3. The molecule has 0 radical (unpaired) electrons. The van der Waals surface area contributed by atoms with Crippen LogP contribution < -0.4 is 4.74 Å². The minimum absolute atomic E-state index is 0.161. The highest BCUT2D eigenvalue weighted by Crippen LogP contribution is 2.28. The third-order valence-corrected chi connectivity index (χ3v) is 4.11. The van der Waals surface area contributed by atoms with Gasteiger partial charge in [0.2, 0.25) is 0 Å². The minimum atomic E-state index is -0.928. The zero-order valence-electron chi connectivity index (χ0n) is 10.9. The van der Waals surface area contributed by atoms with E-state index in [1.165, 1.54) is 11.3 Å². The van der Waals surface area contributed by atoms with Gasteiger partial charge >= 0.3 is 5.97 Å². The van der Waals surface area contributed by atoms with Crippen molar-refractivity contribution in [3.8, 4) is 11.5 Å². The largest absolute Gasteiger partial charge is 0.508 e. The second-order valence-electron chi connectivity index (χ2n) is 4.56. The lowest BCUT2D eigenvalue weighted by Crippen LogP contribution is -1.96. The van der Waals surface area contributed by atoms with E-state index in [1.807, 2.05) is 5.38 Å². The second-order valence-corrected chi connectivity index (χ2v) is 5.47. The molecule has 0 fully saturated rings. The zero-order chi connectivity index (χ0) is 14.8. The molecule has 3 rings (SSSR count). The van der Waals surface area contributed by atoms with Gasteiger partial charge in [0, 0.05) is 16.3 Å². The lowest BCUT2D eigenvalue weighted by atomic mass is 10.1. The number of carbonyl (C=O) groups is 1. The van der Waals surface area contributed by atoms with Gasteiger partial charge in [-0.05, 0) is 35.0 Å². The third kappa shape index (κ3) is 2.83. The number of ether oxygens (including phenoxy) is 1. The van der Waals surface area contributed by atoms with Crippen molar-refractivity contribution in [2.75, 3.05) is 0 Å². The van der Waals surface area contributed by atoms with Crippen LogP contribution >= 0.6 is 11.3 Å². The molecule has 106 valence electrons. The summed E-state index contributed by atoms with van der Waals surface area (Å²) >= 11 is 1.49. The highest BCUT2D eigenvalue weighted by atomic mass is 32.1. The molecule has 0 atom stereocenters. The van der Waals surface area contributed by atoms with Gasteiger partial charge in [-0.2, -0.15) is 0 Å². The highest BCUT2D eigenvalue weighted by molar-refractivity contribution is 7.17. The first-order chi connectivity index (χ1) is 10.1. The van der Waals surface area contributed by atoms with E-state index in [2.05, 4.69) is 0 Å². The maximum atomic E-state index is 11.0. The van der Waals surface area contributed by atoms with Gasteiger partial charge in [0.25, 0.3) is 0 Å². The summed E-state index contributed by atoms with van der Waals surface area (Å²) in [6.07, 6.45) is 0. The number of rotatable bonds is 4. The van der Waals surface area contributed by atoms with Gasteiger partial charge in [-0.25, -0.2) is 4.79 Å². The molecule has 2 aromatic carbocycles. The fourth-order valence-electron chi connectivity index (χ4n) is 2.06. The Balaban J connectivity index is 1.83. The predicted molar refractivity (Wildman–Crippen MR) is 81.2 cm³/mol. The smallest absolute Gasteiger partial charge is 0.335 e. The second kappa shape index (κ2) is 5.46. The van der Waals surface area contributed by atoms with Crippen molar-refractivity contribution in [1.29, 1.82) is 0 Å². The predicted octanol–water partition coefficient (Wildman–Crippen LogP) is 3.88. The molecular formula is C16H12O4S. The van der Waals surface area contributed by atoms with Gasteiger partial charge in [-0.1, -0.05) is 12.1 Å². The van der Waals surface area contributed by atoms with E-state index in [0.717, 1.165) is 15.6 Å². The molecule has 0 aliphatic carbocycles.